The molecule has 2 aromatic carbocycles. The summed E-state index contributed by atoms with van der Waals surface area (Å²) in [6, 6.07) is 10.7. The van der Waals surface area contributed by atoms with Gasteiger partial charge in [-0.1, -0.05) is 29.4 Å². The molecule has 144 valence electrons. The van der Waals surface area contributed by atoms with Crippen molar-refractivity contribution in [2.24, 2.45) is 0 Å². The Morgan fingerprint density at radius 2 is 1.79 bits per heavy atom. The van der Waals surface area contributed by atoms with Crippen molar-refractivity contribution in [3.63, 3.8) is 0 Å². The normalized spacial score (nSPS) is 10.4. The van der Waals surface area contributed by atoms with Crippen LogP contribution in [-0.4, -0.2) is 31.5 Å². The molecule has 0 aliphatic carbocycles. The van der Waals surface area contributed by atoms with Crippen molar-refractivity contribution in [1.82, 2.24) is 10.2 Å². The zero-order valence-corrected chi connectivity index (χ0v) is 16.9. The topological polar surface area (TPSA) is 90.4 Å². The van der Waals surface area contributed by atoms with Crippen LogP contribution in [0.3, 0.4) is 0 Å². The van der Waals surface area contributed by atoms with E-state index in [0.717, 1.165) is 5.56 Å². The molecule has 0 aliphatic heterocycles. The molecule has 7 nitrogen and oxygen atoms in total. The number of hydrogen-bond donors (Lipinski definition) is 0. The molecule has 0 saturated heterocycles. The lowest BCUT2D eigenvalue weighted by Gasteiger charge is -2.12. The van der Waals surface area contributed by atoms with Gasteiger partial charge in [-0.3, -0.25) is 0 Å². The van der Waals surface area contributed by atoms with Crippen LogP contribution in [-0.2, 0) is 5.75 Å². The van der Waals surface area contributed by atoms with E-state index in [-0.39, 0.29) is 0 Å². The van der Waals surface area contributed by atoms with Gasteiger partial charge in [-0.25, -0.2) is 0 Å². The van der Waals surface area contributed by atoms with E-state index in [0.29, 0.717) is 50.3 Å². The first kappa shape index (κ1) is 19.9. The van der Waals surface area contributed by atoms with Crippen LogP contribution >= 0.6 is 23.4 Å². The molecule has 3 rings (SSSR count). The molecule has 0 fully saturated rings. The van der Waals surface area contributed by atoms with Crippen molar-refractivity contribution in [3.05, 3.63) is 46.5 Å². The van der Waals surface area contributed by atoms with Gasteiger partial charge in [0.15, 0.2) is 11.5 Å². The summed E-state index contributed by atoms with van der Waals surface area (Å²) >= 11 is 7.55. The Kier molecular flexibility index (Phi) is 6.29. The van der Waals surface area contributed by atoms with Crippen molar-refractivity contribution < 1.29 is 18.6 Å². The van der Waals surface area contributed by atoms with E-state index in [1.807, 2.05) is 6.07 Å². The average molecular weight is 418 g/mol. The van der Waals surface area contributed by atoms with Gasteiger partial charge in [0.25, 0.3) is 5.22 Å². The Morgan fingerprint density at radius 3 is 2.36 bits per heavy atom. The van der Waals surface area contributed by atoms with Crippen LogP contribution in [0.25, 0.3) is 11.5 Å². The summed E-state index contributed by atoms with van der Waals surface area (Å²) in [6.45, 7) is 0. The third kappa shape index (κ3) is 4.16. The Morgan fingerprint density at radius 1 is 1.07 bits per heavy atom. The number of aromatic nitrogens is 2. The first-order chi connectivity index (χ1) is 13.6. The first-order valence-corrected chi connectivity index (χ1v) is 9.41. The summed E-state index contributed by atoms with van der Waals surface area (Å²) in [5.74, 6) is 2.33. The molecule has 1 aromatic heterocycles. The molecule has 0 aliphatic rings. The third-order valence-corrected chi connectivity index (χ3v) is 5.07. The molecule has 0 amide bonds. The number of nitrogens with zero attached hydrogens (tertiary/aromatic N) is 3. The second-order valence-electron chi connectivity index (χ2n) is 5.49. The summed E-state index contributed by atoms with van der Waals surface area (Å²) in [7, 11) is 4.62. The number of ether oxygens (including phenoxy) is 3. The second kappa shape index (κ2) is 8.87. The standard InChI is InChI=1S/C19H16ClN3O4S/c1-24-15-7-13(8-16(25-2)17(15)26-3)18-22-23-19(27-18)28-10-12-5-4-11(9-21)6-14(12)20/h4-8H,10H2,1-3H3. The van der Waals surface area contributed by atoms with Crippen LogP contribution in [0.2, 0.25) is 5.02 Å². The quantitative estimate of drug-likeness (QED) is 0.516. The summed E-state index contributed by atoms with van der Waals surface area (Å²) in [5, 5.41) is 18.0. The fourth-order valence-electron chi connectivity index (χ4n) is 2.46. The van der Waals surface area contributed by atoms with Crippen LogP contribution in [0.5, 0.6) is 17.2 Å². The molecule has 0 saturated carbocycles. The minimum atomic E-state index is 0.327. The molecule has 0 bridgehead atoms. The largest absolute Gasteiger partial charge is 0.493 e. The number of hydrogen-bond acceptors (Lipinski definition) is 8. The zero-order chi connectivity index (χ0) is 20.1. The molecule has 0 spiro atoms. The number of thioether (sulfide) groups is 1. The summed E-state index contributed by atoms with van der Waals surface area (Å²) in [4.78, 5) is 0. The lowest BCUT2D eigenvalue weighted by molar-refractivity contribution is 0.324. The van der Waals surface area contributed by atoms with Crippen LogP contribution in [0.4, 0.5) is 0 Å². The highest BCUT2D eigenvalue weighted by Crippen LogP contribution is 2.41. The van der Waals surface area contributed by atoms with E-state index in [2.05, 4.69) is 16.3 Å². The van der Waals surface area contributed by atoms with Gasteiger partial charge in [0, 0.05) is 16.3 Å². The van der Waals surface area contributed by atoms with Gasteiger partial charge in [0.2, 0.25) is 11.6 Å². The van der Waals surface area contributed by atoms with Crippen LogP contribution < -0.4 is 14.2 Å². The van der Waals surface area contributed by atoms with Crippen LogP contribution in [0.1, 0.15) is 11.1 Å². The predicted octanol–water partition coefficient (Wildman–Crippen LogP) is 4.58. The highest BCUT2D eigenvalue weighted by atomic mass is 35.5. The Hall–Kier alpha value is -2.89. The van der Waals surface area contributed by atoms with Gasteiger partial charge in [-0.05, 0) is 29.8 Å². The van der Waals surface area contributed by atoms with E-state index in [9.17, 15) is 0 Å². The summed E-state index contributed by atoms with van der Waals surface area (Å²) < 4.78 is 21.8. The minimum absolute atomic E-state index is 0.327. The Balaban J connectivity index is 1.80. The molecule has 0 radical (unpaired) electrons. The van der Waals surface area contributed by atoms with E-state index in [4.69, 9.17) is 35.5 Å². The lowest BCUT2D eigenvalue weighted by atomic mass is 10.2. The number of nitriles is 1. The summed E-state index contributed by atoms with van der Waals surface area (Å²) in [5.41, 5.74) is 2.03. The predicted molar refractivity (Wildman–Crippen MR) is 105 cm³/mol. The van der Waals surface area contributed by atoms with Gasteiger partial charge in [-0.15, -0.1) is 10.2 Å². The van der Waals surface area contributed by atoms with Gasteiger partial charge in [-0.2, -0.15) is 5.26 Å². The van der Waals surface area contributed by atoms with Gasteiger partial charge >= 0.3 is 0 Å². The summed E-state index contributed by atoms with van der Waals surface area (Å²) in [6.07, 6.45) is 0. The van der Waals surface area contributed by atoms with E-state index >= 15 is 0 Å². The monoisotopic (exact) mass is 417 g/mol. The fourth-order valence-corrected chi connectivity index (χ4v) is 3.56. The van der Waals surface area contributed by atoms with Crippen LogP contribution in [0, 0.1) is 11.3 Å². The lowest BCUT2D eigenvalue weighted by Crippen LogP contribution is -1.95. The Labute approximate surface area is 171 Å². The van der Waals surface area contributed by atoms with Crippen LogP contribution in [0.15, 0.2) is 40.0 Å². The van der Waals surface area contributed by atoms with Crippen molar-refractivity contribution in [2.45, 2.75) is 11.0 Å². The maximum Gasteiger partial charge on any atom is 0.277 e. The molecule has 0 unspecified atom stereocenters. The van der Waals surface area contributed by atoms with E-state index in [1.54, 1.807) is 24.3 Å². The van der Waals surface area contributed by atoms with E-state index < -0.39 is 0 Å². The maximum atomic E-state index is 8.91. The van der Waals surface area contributed by atoms with Crippen molar-refractivity contribution in [2.75, 3.05) is 21.3 Å². The highest BCUT2D eigenvalue weighted by Gasteiger charge is 2.18. The molecule has 3 aromatic rings. The highest BCUT2D eigenvalue weighted by molar-refractivity contribution is 7.98. The Bertz CT molecular complexity index is 1010. The zero-order valence-electron chi connectivity index (χ0n) is 15.4. The molecule has 1 heterocycles. The molecule has 28 heavy (non-hydrogen) atoms. The molecular weight excluding hydrogens is 402 g/mol. The maximum absolute atomic E-state index is 8.91. The van der Waals surface area contributed by atoms with Crippen molar-refractivity contribution in [3.8, 4) is 34.8 Å². The fraction of sp³-hybridized carbons (Fsp3) is 0.211. The van der Waals surface area contributed by atoms with Gasteiger partial charge in [0.05, 0.1) is 33.0 Å². The minimum Gasteiger partial charge on any atom is -0.493 e. The number of benzene rings is 2. The average Bonchev–Trinajstić information content (AvgIpc) is 3.20. The number of methoxy groups -OCH3 is 3. The number of rotatable bonds is 7. The van der Waals surface area contributed by atoms with Crippen molar-refractivity contribution >= 4 is 23.4 Å². The first-order valence-electron chi connectivity index (χ1n) is 8.04. The van der Waals surface area contributed by atoms with Crippen molar-refractivity contribution in [1.29, 1.82) is 5.26 Å². The third-order valence-electron chi connectivity index (χ3n) is 3.85. The molecule has 9 heteroatoms. The smallest absolute Gasteiger partial charge is 0.277 e. The molecular formula is C19H16ClN3O4S. The number of halogens is 1. The van der Waals surface area contributed by atoms with Gasteiger partial charge < -0.3 is 18.6 Å². The molecule has 0 N–H and O–H groups in total. The molecule has 0 atom stereocenters. The van der Waals surface area contributed by atoms with E-state index in [1.165, 1.54) is 33.1 Å². The SMILES string of the molecule is COc1cc(-c2nnc(SCc3ccc(C#N)cc3Cl)o2)cc(OC)c1OC. The second-order valence-corrected chi connectivity index (χ2v) is 6.83. The van der Waals surface area contributed by atoms with Gasteiger partial charge in [0.1, 0.15) is 0 Å².